The van der Waals surface area contributed by atoms with Gasteiger partial charge in [-0.25, -0.2) is 0 Å². The van der Waals surface area contributed by atoms with Gasteiger partial charge in [0.05, 0.1) is 0 Å². The van der Waals surface area contributed by atoms with Crippen molar-refractivity contribution in [3.8, 4) is 5.75 Å². The number of carbonyl (C=O) groups excluding carboxylic acids is 1. The molecule has 0 N–H and O–H groups in total. The van der Waals surface area contributed by atoms with Crippen molar-refractivity contribution in [1.29, 1.82) is 0 Å². The smallest absolute Gasteiger partial charge is 0.200 e. The van der Waals surface area contributed by atoms with Crippen molar-refractivity contribution in [3.63, 3.8) is 0 Å². The van der Waals surface area contributed by atoms with E-state index in [-0.39, 0.29) is 17.8 Å². The van der Waals surface area contributed by atoms with Crippen LogP contribution in [0.1, 0.15) is 42.3 Å². The van der Waals surface area contributed by atoms with E-state index in [2.05, 4.69) is 32.9 Å². The van der Waals surface area contributed by atoms with Crippen LogP contribution in [0, 0.1) is 6.92 Å². The number of aryl methyl sites for hydroxylation is 1. The van der Waals surface area contributed by atoms with Gasteiger partial charge in [0.1, 0.15) is 5.75 Å². The zero-order valence-electron chi connectivity index (χ0n) is 13.1. The Hall–Kier alpha value is -2.09. The third-order valence-electron chi connectivity index (χ3n) is 3.50. The molecule has 0 saturated carbocycles. The van der Waals surface area contributed by atoms with E-state index in [9.17, 15) is 4.79 Å². The summed E-state index contributed by atoms with van der Waals surface area (Å²) in [6.07, 6.45) is 0. The van der Waals surface area contributed by atoms with Crippen molar-refractivity contribution in [2.45, 2.75) is 33.1 Å². The summed E-state index contributed by atoms with van der Waals surface area (Å²) in [5, 5.41) is 0. The van der Waals surface area contributed by atoms with Crippen LogP contribution >= 0.6 is 0 Å². The molecular formula is C19H22O2. The predicted molar refractivity (Wildman–Crippen MR) is 86.1 cm³/mol. The molecule has 0 aliphatic carbocycles. The Morgan fingerprint density at radius 2 is 1.71 bits per heavy atom. The topological polar surface area (TPSA) is 26.3 Å². The Balaban J connectivity index is 2.06. The third kappa shape index (κ3) is 3.94. The molecule has 2 nitrogen and oxygen atoms in total. The fourth-order valence-electron chi connectivity index (χ4n) is 2.13. The summed E-state index contributed by atoms with van der Waals surface area (Å²) in [6.45, 7) is 8.63. The van der Waals surface area contributed by atoms with E-state index in [0.29, 0.717) is 5.56 Å². The number of ketones is 1. The lowest BCUT2D eigenvalue weighted by Gasteiger charge is -2.20. The lowest BCUT2D eigenvalue weighted by Crippen LogP contribution is -2.13. The van der Waals surface area contributed by atoms with E-state index >= 15 is 0 Å². The highest BCUT2D eigenvalue weighted by Crippen LogP contribution is 2.27. The van der Waals surface area contributed by atoms with E-state index in [1.54, 1.807) is 12.1 Å². The summed E-state index contributed by atoms with van der Waals surface area (Å²) in [7, 11) is 0. The number of Topliss-reactive ketones (excluding diaryl/α,β-unsaturated/α-hetero) is 1. The summed E-state index contributed by atoms with van der Waals surface area (Å²) in [6, 6.07) is 15.4. The number of benzene rings is 2. The maximum absolute atomic E-state index is 12.0. The highest BCUT2D eigenvalue weighted by molar-refractivity contribution is 5.97. The molecule has 0 aliphatic rings. The van der Waals surface area contributed by atoms with Crippen molar-refractivity contribution in [1.82, 2.24) is 0 Å². The summed E-state index contributed by atoms with van der Waals surface area (Å²) in [4.78, 5) is 12.0. The summed E-state index contributed by atoms with van der Waals surface area (Å²) < 4.78 is 5.67. The summed E-state index contributed by atoms with van der Waals surface area (Å²) >= 11 is 0. The van der Waals surface area contributed by atoms with E-state index in [4.69, 9.17) is 4.74 Å². The molecule has 0 fully saturated rings. The van der Waals surface area contributed by atoms with Crippen molar-refractivity contribution >= 4 is 5.78 Å². The van der Waals surface area contributed by atoms with E-state index in [1.807, 2.05) is 31.2 Å². The fraction of sp³-hybridized carbons (Fsp3) is 0.316. The molecule has 0 saturated heterocycles. The molecule has 21 heavy (non-hydrogen) atoms. The van der Waals surface area contributed by atoms with Crippen LogP contribution in [0.2, 0.25) is 0 Å². The summed E-state index contributed by atoms with van der Waals surface area (Å²) in [5.74, 6) is 0.766. The number of ether oxygens (including phenoxy) is 1. The van der Waals surface area contributed by atoms with Crippen molar-refractivity contribution in [2.24, 2.45) is 0 Å². The van der Waals surface area contributed by atoms with Crippen LogP contribution < -0.4 is 4.74 Å². The number of rotatable bonds is 4. The highest BCUT2D eigenvalue weighted by Gasteiger charge is 2.15. The average molecular weight is 282 g/mol. The minimum Gasteiger partial charge on any atom is -0.485 e. The number of hydrogen-bond acceptors (Lipinski definition) is 2. The van der Waals surface area contributed by atoms with Crippen LogP contribution in [-0.2, 0) is 5.41 Å². The molecule has 2 rings (SSSR count). The second-order valence-corrected chi connectivity index (χ2v) is 6.31. The van der Waals surface area contributed by atoms with Gasteiger partial charge in [0.2, 0.25) is 0 Å². The van der Waals surface area contributed by atoms with Crippen molar-refractivity contribution < 1.29 is 9.53 Å². The van der Waals surface area contributed by atoms with Crippen molar-refractivity contribution in [3.05, 3.63) is 65.2 Å². The minimum atomic E-state index is -0.00472. The molecule has 0 bridgehead atoms. The average Bonchev–Trinajstić information content (AvgIpc) is 2.45. The Morgan fingerprint density at radius 1 is 1.05 bits per heavy atom. The Kier molecular flexibility index (Phi) is 4.46. The standard InChI is InChI=1S/C19H22O2/c1-14-12-16(19(2,3)4)10-11-18(14)21-13-17(20)15-8-6-5-7-9-15/h5-12H,13H2,1-4H3. The fourth-order valence-corrected chi connectivity index (χ4v) is 2.13. The Labute approximate surface area is 126 Å². The molecule has 2 aromatic carbocycles. The first kappa shape index (κ1) is 15.3. The molecule has 0 radical (unpaired) electrons. The van der Waals surface area contributed by atoms with Crippen LogP contribution in [0.5, 0.6) is 5.75 Å². The zero-order chi connectivity index (χ0) is 15.5. The van der Waals surface area contributed by atoms with Crippen molar-refractivity contribution in [2.75, 3.05) is 6.61 Å². The monoisotopic (exact) mass is 282 g/mol. The molecule has 0 aliphatic heterocycles. The predicted octanol–water partition coefficient (Wildman–Crippen LogP) is 4.55. The quantitative estimate of drug-likeness (QED) is 0.769. The van der Waals surface area contributed by atoms with Gasteiger partial charge < -0.3 is 4.74 Å². The lowest BCUT2D eigenvalue weighted by molar-refractivity contribution is 0.0921. The van der Waals surface area contributed by atoms with Gasteiger partial charge in [-0.05, 0) is 29.5 Å². The highest BCUT2D eigenvalue weighted by atomic mass is 16.5. The van der Waals surface area contributed by atoms with Crippen LogP contribution in [0.3, 0.4) is 0 Å². The second-order valence-electron chi connectivity index (χ2n) is 6.31. The first-order chi connectivity index (χ1) is 9.88. The molecule has 2 heteroatoms. The van der Waals surface area contributed by atoms with Gasteiger partial charge in [-0.1, -0.05) is 63.2 Å². The van der Waals surface area contributed by atoms with Gasteiger partial charge >= 0.3 is 0 Å². The molecular weight excluding hydrogens is 260 g/mol. The summed E-state index contributed by atoms with van der Waals surface area (Å²) in [5.41, 5.74) is 3.12. The molecule has 0 atom stereocenters. The minimum absolute atomic E-state index is 0.00472. The molecule has 0 unspecified atom stereocenters. The molecule has 0 spiro atoms. The van der Waals surface area contributed by atoms with Gasteiger partial charge in [0.15, 0.2) is 12.4 Å². The SMILES string of the molecule is Cc1cc(C(C)(C)C)ccc1OCC(=O)c1ccccc1. The van der Waals surface area contributed by atoms with Gasteiger partial charge in [-0.2, -0.15) is 0 Å². The lowest BCUT2D eigenvalue weighted by atomic mass is 9.86. The zero-order valence-corrected chi connectivity index (χ0v) is 13.1. The largest absolute Gasteiger partial charge is 0.485 e. The van der Waals surface area contributed by atoms with E-state index in [1.165, 1.54) is 5.56 Å². The molecule has 0 aromatic heterocycles. The van der Waals surface area contributed by atoms with Crippen LogP contribution in [0.15, 0.2) is 48.5 Å². The third-order valence-corrected chi connectivity index (χ3v) is 3.50. The number of carbonyl (C=O) groups is 1. The Bertz CT molecular complexity index is 622. The van der Waals surface area contributed by atoms with E-state index in [0.717, 1.165) is 11.3 Å². The maximum atomic E-state index is 12.0. The van der Waals surface area contributed by atoms with Gasteiger partial charge in [0, 0.05) is 5.56 Å². The molecule has 0 amide bonds. The van der Waals surface area contributed by atoms with Crippen LogP contribution in [0.4, 0.5) is 0 Å². The maximum Gasteiger partial charge on any atom is 0.200 e. The second kappa shape index (κ2) is 6.13. The van der Waals surface area contributed by atoms with Gasteiger partial charge in [-0.15, -0.1) is 0 Å². The molecule has 2 aromatic rings. The molecule has 110 valence electrons. The van der Waals surface area contributed by atoms with Crippen LogP contribution in [0.25, 0.3) is 0 Å². The van der Waals surface area contributed by atoms with Gasteiger partial charge in [0.25, 0.3) is 0 Å². The first-order valence-corrected chi connectivity index (χ1v) is 7.20. The van der Waals surface area contributed by atoms with Gasteiger partial charge in [-0.3, -0.25) is 4.79 Å². The number of hydrogen-bond donors (Lipinski definition) is 0. The molecule has 0 heterocycles. The van der Waals surface area contributed by atoms with Crippen LogP contribution in [-0.4, -0.2) is 12.4 Å². The normalized spacial score (nSPS) is 11.2. The van der Waals surface area contributed by atoms with E-state index < -0.39 is 0 Å². The first-order valence-electron chi connectivity index (χ1n) is 7.20. The Morgan fingerprint density at radius 3 is 2.29 bits per heavy atom.